The highest BCUT2D eigenvalue weighted by molar-refractivity contribution is 14.0. The van der Waals surface area contributed by atoms with Crippen LogP contribution in [0, 0.1) is 0 Å². The molecule has 1 rings (SSSR count). The van der Waals surface area contributed by atoms with Crippen molar-refractivity contribution in [2.24, 2.45) is 4.99 Å². The Morgan fingerprint density at radius 1 is 1.23 bits per heavy atom. The molecule has 0 bridgehead atoms. The van der Waals surface area contributed by atoms with Crippen LogP contribution in [-0.2, 0) is 6.54 Å². The maximum absolute atomic E-state index is 12.5. The number of thioether (sulfide) groups is 1. The van der Waals surface area contributed by atoms with Crippen LogP contribution in [0.2, 0.25) is 0 Å². The summed E-state index contributed by atoms with van der Waals surface area (Å²) in [5, 5.41) is 6.44. The highest BCUT2D eigenvalue weighted by Gasteiger charge is 2.11. The first-order chi connectivity index (χ1) is 12.1. The number of unbranched alkanes of at least 4 members (excludes halogenated alkanes) is 1. The van der Waals surface area contributed by atoms with E-state index in [2.05, 4.69) is 26.6 Å². The van der Waals surface area contributed by atoms with E-state index in [9.17, 15) is 8.78 Å². The van der Waals surface area contributed by atoms with E-state index < -0.39 is 6.61 Å². The van der Waals surface area contributed by atoms with Crippen LogP contribution < -0.4 is 20.1 Å². The predicted molar refractivity (Wildman–Crippen MR) is 115 cm³/mol. The SMILES string of the molecule is CCNC(=NCc1ccc(OC)c(OC(F)F)c1)NCCCCSC.I. The number of guanidine groups is 1. The van der Waals surface area contributed by atoms with Crippen LogP contribution in [0.1, 0.15) is 25.3 Å². The number of hydrogen-bond acceptors (Lipinski definition) is 4. The summed E-state index contributed by atoms with van der Waals surface area (Å²) in [5.74, 6) is 2.14. The Morgan fingerprint density at radius 3 is 2.62 bits per heavy atom. The summed E-state index contributed by atoms with van der Waals surface area (Å²) in [6.45, 7) is 1.04. The standard InChI is InChI=1S/C17H27F2N3O2S.HI/c1-4-20-17(21-9-5-6-10-25-3)22-12-13-7-8-14(23-2)15(11-13)24-16(18)19;/h7-8,11,16H,4-6,9-10,12H2,1-3H3,(H2,20,21,22);1H. The zero-order valence-corrected chi connectivity index (χ0v) is 18.5. The fourth-order valence-corrected chi connectivity index (χ4v) is 2.59. The third-order valence-corrected chi connectivity index (χ3v) is 3.97. The van der Waals surface area contributed by atoms with E-state index in [0.29, 0.717) is 12.5 Å². The molecule has 0 unspecified atom stereocenters. The van der Waals surface area contributed by atoms with Gasteiger partial charge in [-0.1, -0.05) is 6.07 Å². The third kappa shape index (κ3) is 10.2. The average molecular weight is 503 g/mol. The highest BCUT2D eigenvalue weighted by atomic mass is 127. The second-order valence-corrected chi connectivity index (χ2v) is 6.17. The van der Waals surface area contributed by atoms with Gasteiger partial charge in [0, 0.05) is 13.1 Å². The lowest BCUT2D eigenvalue weighted by Crippen LogP contribution is -2.37. The van der Waals surface area contributed by atoms with Gasteiger partial charge in [-0.3, -0.25) is 0 Å². The quantitative estimate of drug-likeness (QED) is 0.206. The molecule has 1 aromatic carbocycles. The molecule has 0 radical (unpaired) electrons. The largest absolute Gasteiger partial charge is 0.493 e. The van der Waals surface area contributed by atoms with Crippen LogP contribution >= 0.6 is 35.7 Å². The number of nitrogens with zero attached hydrogens (tertiary/aromatic N) is 1. The van der Waals surface area contributed by atoms with E-state index >= 15 is 0 Å². The predicted octanol–water partition coefficient (Wildman–Crippen LogP) is 4.11. The summed E-state index contributed by atoms with van der Waals surface area (Å²) < 4.78 is 34.5. The summed E-state index contributed by atoms with van der Waals surface area (Å²) >= 11 is 1.84. The van der Waals surface area contributed by atoms with E-state index in [1.54, 1.807) is 12.1 Å². The number of benzene rings is 1. The van der Waals surface area contributed by atoms with E-state index in [0.717, 1.165) is 37.2 Å². The molecular weight excluding hydrogens is 475 g/mol. The molecule has 1 aromatic rings. The molecule has 0 heterocycles. The summed E-state index contributed by atoms with van der Waals surface area (Å²) in [6.07, 6.45) is 4.32. The van der Waals surface area contributed by atoms with Crippen molar-refractivity contribution in [2.45, 2.75) is 32.9 Å². The van der Waals surface area contributed by atoms with Gasteiger partial charge in [0.15, 0.2) is 17.5 Å². The molecule has 0 saturated carbocycles. The van der Waals surface area contributed by atoms with Gasteiger partial charge < -0.3 is 20.1 Å². The molecular formula is C17H28F2IN3O2S. The molecule has 150 valence electrons. The van der Waals surface area contributed by atoms with Gasteiger partial charge in [-0.15, -0.1) is 24.0 Å². The van der Waals surface area contributed by atoms with Gasteiger partial charge in [-0.05, 0) is 49.5 Å². The molecule has 0 aromatic heterocycles. The Hall–Kier alpha value is -0.970. The first kappa shape index (κ1) is 25.0. The fourth-order valence-electron chi connectivity index (χ4n) is 2.10. The molecule has 0 aliphatic rings. The second kappa shape index (κ2) is 15.1. The van der Waals surface area contributed by atoms with Gasteiger partial charge in [0.2, 0.25) is 0 Å². The summed E-state index contributed by atoms with van der Waals surface area (Å²) in [7, 11) is 1.41. The van der Waals surface area contributed by atoms with Crippen molar-refractivity contribution in [3.05, 3.63) is 23.8 Å². The first-order valence-corrected chi connectivity index (χ1v) is 9.63. The van der Waals surface area contributed by atoms with Crippen LogP contribution in [0.4, 0.5) is 8.78 Å². The highest BCUT2D eigenvalue weighted by Crippen LogP contribution is 2.29. The number of alkyl halides is 2. The summed E-state index contributed by atoms with van der Waals surface area (Å²) in [5.41, 5.74) is 0.760. The van der Waals surface area contributed by atoms with Crippen LogP contribution in [0.3, 0.4) is 0 Å². The lowest BCUT2D eigenvalue weighted by Gasteiger charge is -2.13. The van der Waals surface area contributed by atoms with Crippen molar-refractivity contribution in [3.63, 3.8) is 0 Å². The zero-order chi connectivity index (χ0) is 18.5. The smallest absolute Gasteiger partial charge is 0.387 e. The molecule has 0 aliphatic carbocycles. The molecule has 0 spiro atoms. The minimum Gasteiger partial charge on any atom is -0.493 e. The molecule has 0 atom stereocenters. The van der Waals surface area contributed by atoms with E-state index in [-0.39, 0.29) is 35.5 Å². The third-order valence-electron chi connectivity index (χ3n) is 3.28. The van der Waals surface area contributed by atoms with Crippen LogP contribution in [-0.4, -0.2) is 44.8 Å². The number of aliphatic imine (C=N–C) groups is 1. The number of rotatable bonds is 11. The Labute approximate surface area is 175 Å². The number of nitrogens with one attached hydrogen (secondary N) is 2. The van der Waals surface area contributed by atoms with Gasteiger partial charge in [0.25, 0.3) is 0 Å². The van der Waals surface area contributed by atoms with Gasteiger partial charge in [-0.2, -0.15) is 20.5 Å². The van der Waals surface area contributed by atoms with Gasteiger partial charge in [0.05, 0.1) is 13.7 Å². The molecule has 0 amide bonds. The van der Waals surface area contributed by atoms with Crippen molar-refractivity contribution in [3.8, 4) is 11.5 Å². The van der Waals surface area contributed by atoms with Crippen molar-refractivity contribution in [1.29, 1.82) is 0 Å². The monoisotopic (exact) mass is 503 g/mol. The van der Waals surface area contributed by atoms with E-state index in [1.807, 2.05) is 18.7 Å². The van der Waals surface area contributed by atoms with E-state index in [1.165, 1.54) is 13.2 Å². The molecule has 26 heavy (non-hydrogen) atoms. The van der Waals surface area contributed by atoms with Gasteiger partial charge in [-0.25, -0.2) is 4.99 Å². The Bertz CT molecular complexity index is 537. The van der Waals surface area contributed by atoms with Crippen molar-refractivity contribution < 1.29 is 18.3 Å². The minimum absolute atomic E-state index is 0. The topological polar surface area (TPSA) is 54.9 Å². The van der Waals surface area contributed by atoms with Crippen molar-refractivity contribution >= 4 is 41.7 Å². The molecule has 5 nitrogen and oxygen atoms in total. The molecule has 2 N–H and O–H groups in total. The Morgan fingerprint density at radius 2 is 2.00 bits per heavy atom. The summed E-state index contributed by atoms with van der Waals surface area (Å²) in [6, 6.07) is 4.91. The average Bonchev–Trinajstić information content (AvgIpc) is 2.59. The molecule has 0 aliphatic heterocycles. The lowest BCUT2D eigenvalue weighted by molar-refractivity contribution is -0.0512. The lowest BCUT2D eigenvalue weighted by atomic mass is 10.2. The van der Waals surface area contributed by atoms with Crippen molar-refractivity contribution in [1.82, 2.24) is 10.6 Å². The maximum Gasteiger partial charge on any atom is 0.387 e. The van der Waals surface area contributed by atoms with E-state index in [4.69, 9.17) is 4.74 Å². The van der Waals surface area contributed by atoms with Crippen LogP contribution in [0.15, 0.2) is 23.2 Å². The number of halogens is 3. The molecule has 0 fully saturated rings. The number of methoxy groups -OCH3 is 1. The summed E-state index contributed by atoms with van der Waals surface area (Å²) in [4.78, 5) is 4.48. The number of hydrogen-bond donors (Lipinski definition) is 2. The van der Waals surface area contributed by atoms with Crippen LogP contribution in [0.25, 0.3) is 0 Å². The minimum atomic E-state index is -2.90. The fraction of sp³-hybridized carbons (Fsp3) is 0.588. The molecule has 0 saturated heterocycles. The van der Waals surface area contributed by atoms with Crippen molar-refractivity contribution in [2.75, 3.05) is 32.2 Å². The van der Waals surface area contributed by atoms with Gasteiger partial charge >= 0.3 is 6.61 Å². The van der Waals surface area contributed by atoms with Crippen LogP contribution in [0.5, 0.6) is 11.5 Å². The maximum atomic E-state index is 12.5. The zero-order valence-electron chi connectivity index (χ0n) is 15.4. The number of ether oxygens (including phenoxy) is 2. The second-order valence-electron chi connectivity index (χ2n) is 5.19. The Balaban J connectivity index is 0.00000625. The normalized spacial score (nSPS) is 11.1. The molecule has 9 heteroatoms. The van der Waals surface area contributed by atoms with Gasteiger partial charge in [0.1, 0.15) is 0 Å². The first-order valence-electron chi connectivity index (χ1n) is 8.23. The Kier molecular flexibility index (Phi) is 14.6.